The van der Waals surface area contributed by atoms with E-state index in [4.69, 9.17) is 11.6 Å². The zero-order chi connectivity index (χ0) is 14.5. The number of hydrogen-bond acceptors (Lipinski definition) is 3. The number of hydrogen-bond donors (Lipinski definition) is 0. The molecule has 1 aliphatic rings. The lowest BCUT2D eigenvalue weighted by Crippen LogP contribution is -2.31. The number of nitrogens with zero attached hydrogens (tertiary/aromatic N) is 5. The molecule has 1 aliphatic heterocycles. The van der Waals surface area contributed by atoms with Gasteiger partial charge in [0.05, 0.1) is 0 Å². The molecule has 0 spiro atoms. The second-order valence-corrected chi connectivity index (χ2v) is 4.61. The Morgan fingerprint density at radius 1 is 1.55 bits per heavy atom. The number of nitro groups is 1. The molecule has 1 saturated heterocycles. The molecule has 0 atom stereocenters. The minimum atomic E-state index is -0.676. The van der Waals surface area contributed by atoms with E-state index in [1.165, 1.54) is 0 Å². The van der Waals surface area contributed by atoms with Crippen LogP contribution in [0.3, 0.4) is 0 Å². The van der Waals surface area contributed by atoms with Crippen LogP contribution in [0, 0.1) is 10.1 Å². The molecule has 20 heavy (non-hydrogen) atoms. The van der Waals surface area contributed by atoms with E-state index in [-0.39, 0.29) is 0 Å². The molecule has 0 N–H and O–H groups in total. The number of pyridine rings is 1. The van der Waals surface area contributed by atoms with Gasteiger partial charge >= 0.3 is 0 Å². The van der Waals surface area contributed by atoms with E-state index in [2.05, 4.69) is 10.1 Å². The Morgan fingerprint density at radius 3 is 2.95 bits per heavy atom. The van der Waals surface area contributed by atoms with Gasteiger partial charge in [0.2, 0.25) is 0 Å². The Balaban J connectivity index is 2.17. The van der Waals surface area contributed by atoms with Gasteiger partial charge in [-0.15, -0.1) is 0 Å². The van der Waals surface area contributed by atoms with Crippen molar-refractivity contribution in [2.24, 2.45) is 5.10 Å². The van der Waals surface area contributed by atoms with E-state index in [9.17, 15) is 10.1 Å². The van der Waals surface area contributed by atoms with Crippen molar-refractivity contribution >= 4 is 17.6 Å². The predicted molar refractivity (Wildman–Crippen MR) is 75.6 cm³/mol. The molecule has 7 nitrogen and oxygen atoms in total. The fourth-order valence-corrected chi connectivity index (χ4v) is 2.11. The lowest BCUT2D eigenvalue weighted by Gasteiger charge is -2.18. The summed E-state index contributed by atoms with van der Waals surface area (Å²) in [6.45, 7) is 3.69. The number of aromatic nitrogens is 1. The first-order chi connectivity index (χ1) is 9.60. The zero-order valence-corrected chi connectivity index (χ0v) is 11.7. The maximum absolute atomic E-state index is 10.7. The summed E-state index contributed by atoms with van der Waals surface area (Å²) in [6.07, 6.45) is 5.26. The van der Waals surface area contributed by atoms with Crippen molar-refractivity contribution in [3.8, 4) is 0 Å². The molecule has 2 rings (SSSR count). The van der Waals surface area contributed by atoms with Crippen molar-refractivity contribution in [1.82, 2.24) is 14.8 Å². The van der Waals surface area contributed by atoms with Gasteiger partial charge in [0, 0.05) is 32.0 Å². The monoisotopic (exact) mass is 295 g/mol. The molecule has 0 saturated carbocycles. The lowest BCUT2D eigenvalue weighted by atomic mass is 10.3. The SMILES string of the molecule is C/C=C\N1CCN(Cc2ccc(Cl)nc2)/C1=N/[N+](=O)[O-]. The topological polar surface area (TPSA) is 74.9 Å². The average Bonchev–Trinajstić information content (AvgIpc) is 2.75. The summed E-state index contributed by atoms with van der Waals surface area (Å²) in [6, 6.07) is 3.54. The highest BCUT2D eigenvalue weighted by Gasteiger charge is 2.28. The van der Waals surface area contributed by atoms with Crippen molar-refractivity contribution in [3.63, 3.8) is 0 Å². The summed E-state index contributed by atoms with van der Waals surface area (Å²) >= 11 is 5.74. The molecule has 1 aromatic heterocycles. The molecule has 1 fully saturated rings. The van der Waals surface area contributed by atoms with Crippen molar-refractivity contribution in [2.45, 2.75) is 13.5 Å². The Labute approximate surface area is 121 Å². The van der Waals surface area contributed by atoms with Crippen molar-refractivity contribution < 1.29 is 5.03 Å². The quantitative estimate of drug-likeness (QED) is 0.482. The van der Waals surface area contributed by atoms with Gasteiger partial charge in [0.15, 0.2) is 5.03 Å². The van der Waals surface area contributed by atoms with Gasteiger partial charge in [0.25, 0.3) is 5.96 Å². The zero-order valence-electron chi connectivity index (χ0n) is 10.9. The molecule has 1 aromatic rings. The number of rotatable bonds is 4. The fourth-order valence-electron chi connectivity index (χ4n) is 2.00. The number of guanidine groups is 1. The molecular formula is C12H14ClN5O2. The van der Waals surface area contributed by atoms with Gasteiger partial charge in [0.1, 0.15) is 10.3 Å². The average molecular weight is 296 g/mol. The first kappa shape index (κ1) is 14.3. The Kier molecular flexibility index (Phi) is 4.52. The van der Waals surface area contributed by atoms with E-state index in [1.807, 2.05) is 24.0 Å². The van der Waals surface area contributed by atoms with E-state index in [0.29, 0.717) is 30.7 Å². The summed E-state index contributed by atoms with van der Waals surface area (Å²) in [5.41, 5.74) is 0.924. The second-order valence-electron chi connectivity index (χ2n) is 4.22. The first-order valence-electron chi connectivity index (χ1n) is 6.08. The van der Waals surface area contributed by atoms with Crippen molar-refractivity contribution in [1.29, 1.82) is 0 Å². The molecular weight excluding hydrogens is 282 g/mol. The standard InChI is InChI=1S/C12H14ClN5O2/c1-2-5-16-6-7-17(12(16)15-18(19)20)9-10-3-4-11(13)14-8-10/h2-5,8H,6-7,9H2,1H3/b5-2-,15-12+. The van der Waals surface area contributed by atoms with Crippen LogP contribution in [0.25, 0.3) is 0 Å². The maximum atomic E-state index is 10.7. The molecule has 0 bridgehead atoms. The van der Waals surface area contributed by atoms with Crippen molar-refractivity contribution in [3.05, 3.63) is 51.4 Å². The minimum Gasteiger partial charge on any atom is -0.331 e. The van der Waals surface area contributed by atoms with Crippen LogP contribution in [-0.2, 0) is 6.54 Å². The van der Waals surface area contributed by atoms with Crippen LogP contribution in [0.5, 0.6) is 0 Å². The molecule has 0 aliphatic carbocycles. The summed E-state index contributed by atoms with van der Waals surface area (Å²) in [5.74, 6) is 0.336. The van der Waals surface area contributed by atoms with Gasteiger partial charge in [-0.1, -0.05) is 23.7 Å². The largest absolute Gasteiger partial charge is 0.331 e. The Morgan fingerprint density at radius 2 is 2.35 bits per heavy atom. The van der Waals surface area contributed by atoms with E-state index >= 15 is 0 Å². The molecule has 2 heterocycles. The summed E-state index contributed by atoms with van der Waals surface area (Å²) in [5, 5.41) is 13.9. The predicted octanol–water partition coefficient (Wildman–Crippen LogP) is 1.93. The van der Waals surface area contributed by atoms with Crippen LogP contribution in [-0.4, -0.2) is 38.9 Å². The minimum absolute atomic E-state index is 0.336. The van der Waals surface area contributed by atoms with E-state index < -0.39 is 5.03 Å². The second kappa shape index (κ2) is 6.33. The molecule has 0 unspecified atom stereocenters. The van der Waals surface area contributed by atoms with Crippen LogP contribution >= 0.6 is 11.6 Å². The van der Waals surface area contributed by atoms with Gasteiger partial charge in [-0.05, 0) is 18.6 Å². The van der Waals surface area contributed by atoms with Crippen LogP contribution in [0.15, 0.2) is 35.7 Å². The third kappa shape index (κ3) is 3.45. The molecule has 106 valence electrons. The van der Waals surface area contributed by atoms with E-state index in [1.54, 1.807) is 23.4 Å². The van der Waals surface area contributed by atoms with Gasteiger partial charge in [-0.3, -0.25) is 0 Å². The van der Waals surface area contributed by atoms with Gasteiger partial charge < -0.3 is 9.80 Å². The fraction of sp³-hybridized carbons (Fsp3) is 0.333. The van der Waals surface area contributed by atoms with E-state index in [0.717, 1.165) is 5.56 Å². The normalized spacial score (nSPS) is 17.4. The van der Waals surface area contributed by atoms with Crippen LogP contribution in [0.1, 0.15) is 12.5 Å². The number of allylic oxidation sites excluding steroid dienone is 1. The third-order valence-corrected chi connectivity index (χ3v) is 3.04. The smallest absolute Gasteiger partial charge is 0.278 e. The highest BCUT2D eigenvalue weighted by molar-refractivity contribution is 6.29. The molecule has 0 amide bonds. The molecule has 8 heteroatoms. The van der Waals surface area contributed by atoms with Crippen molar-refractivity contribution in [2.75, 3.05) is 13.1 Å². The van der Waals surface area contributed by atoms with Crippen LogP contribution in [0.2, 0.25) is 5.15 Å². The summed E-state index contributed by atoms with van der Waals surface area (Å²) in [4.78, 5) is 18.3. The third-order valence-electron chi connectivity index (χ3n) is 2.81. The molecule has 0 radical (unpaired) electrons. The number of hydrazone groups is 1. The maximum Gasteiger partial charge on any atom is 0.278 e. The van der Waals surface area contributed by atoms with Gasteiger partial charge in [-0.25, -0.2) is 15.1 Å². The lowest BCUT2D eigenvalue weighted by molar-refractivity contribution is -0.486. The number of halogens is 1. The highest BCUT2D eigenvalue weighted by atomic mass is 35.5. The summed E-state index contributed by atoms with van der Waals surface area (Å²) in [7, 11) is 0. The molecule has 0 aromatic carbocycles. The van der Waals surface area contributed by atoms with Gasteiger partial charge in [-0.2, -0.15) is 0 Å². The van der Waals surface area contributed by atoms with Crippen LogP contribution < -0.4 is 0 Å². The summed E-state index contributed by atoms with van der Waals surface area (Å²) < 4.78 is 0. The first-order valence-corrected chi connectivity index (χ1v) is 6.46. The highest BCUT2D eigenvalue weighted by Crippen LogP contribution is 2.15. The Hall–Kier alpha value is -2.15. The van der Waals surface area contributed by atoms with Crippen LogP contribution in [0.4, 0.5) is 0 Å². The Bertz CT molecular complexity index is 543.